The van der Waals surface area contributed by atoms with Crippen LogP contribution in [0, 0.1) is 5.82 Å². The van der Waals surface area contributed by atoms with Crippen LogP contribution in [0.3, 0.4) is 0 Å². The van der Waals surface area contributed by atoms with Crippen LogP contribution in [0.25, 0.3) is 6.08 Å². The van der Waals surface area contributed by atoms with Gasteiger partial charge in [0.15, 0.2) is 0 Å². The Hall–Kier alpha value is -1.68. The average molecular weight is 224 g/mol. The van der Waals surface area contributed by atoms with E-state index in [0.717, 1.165) is 0 Å². The van der Waals surface area contributed by atoms with Crippen molar-refractivity contribution in [2.45, 2.75) is 12.8 Å². The second kappa shape index (κ2) is 6.02. The second-order valence-corrected chi connectivity index (χ2v) is 3.33. The molecule has 0 heterocycles. The highest BCUT2D eigenvalue weighted by Crippen LogP contribution is 2.14. The molecule has 0 spiro atoms. The van der Waals surface area contributed by atoms with E-state index in [1.165, 1.54) is 18.2 Å². The first kappa shape index (κ1) is 12.4. The van der Waals surface area contributed by atoms with Crippen molar-refractivity contribution in [2.24, 2.45) is 0 Å². The number of halogens is 1. The molecule has 3 nitrogen and oxygen atoms in total. The quantitative estimate of drug-likeness (QED) is 0.802. The van der Waals surface area contributed by atoms with Gasteiger partial charge in [-0.05, 0) is 29.7 Å². The number of carbonyl (C=O) groups is 1. The normalized spacial score (nSPS) is 10.9. The van der Waals surface area contributed by atoms with Gasteiger partial charge in [0.2, 0.25) is 0 Å². The lowest BCUT2D eigenvalue weighted by Crippen LogP contribution is -2.02. The number of rotatable bonds is 5. The van der Waals surface area contributed by atoms with Gasteiger partial charge in [-0.25, -0.2) is 4.39 Å². The molecule has 0 amide bonds. The van der Waals surface area contributed by atoms with Crippen molar-refractivity contribution in [3.05, 3.63) is 41.2 Å². The molecular formula is C12H13FO3. The molecule has 2 N–H and O–H groups in total. The molecule has 0 saturated carbocycles. The number of carboxylic acid groups (broad SMARTS) is 1. The number of aliphatic hydroxyl groups is 1. The Morgan fingerprint density at radius 2 is 2.19 bits per heavy atom. The highest BCUT2D eigenvalue weighted by Gasteiger charge is 2.05. The van der Waals surface area contributed by atoms with E-state index >= 15 is 0 Å². The number of hydrogen-bond donors (Lipinski definition) is 2. The topological polar surface area (TPSA) is 57.5 Å². The largest absolute Gasteiger partial charge is 0.481 e. The molecular weight excluding hydrogens is 211 g/mol. The fraction of sp³-hybridized carbons (Fsp3) is 0.250. The predicted octanol–water partition coefficient (Wildman–Crippen LogP) is 1.85. The number of aliphatic carboxylic acids is 1. The van der Waals surface area contributed by atoms with Crippen molar-refractivity contribution in [1.29, 1.82) is 0 Å². The Morgan fingerprint density at radius 3 is 2.81 bits per heavy atom. The second-order valence-electron chi connectivity index (χ2n) is 3.33. The van der Waals surface area contributed by atoms with Gasteiger partial charge in [-0.3, -0.25) is 4.79 Å². The van der Waals surface area contributed by atoms with Crippen molar-refractivity contribution in [3.8, 4) is 0 Å². The van der Waals surface area contributed by atoms with Crippen LogP contribution in [-0.4, -0.2) is 22.8 Å². The standard InChI is InChI=1S/C12H13FO3/c13-11-5-4-10(8-12(15)16)9(7-11)3-1-2-6-14/h1,3-5,7,14H,2,6,8H2,(H,15,16). The molecule has 86 valence electrons. The first-order valence-corrected chi connectivity index (χ1v) is 4.91. The van der Waals surface area contributed by atoms with Crippen LogP contribution in [0.15, 0.2) is 24.3 Å². The molecule has 0 fully saturated rings. The number of hydrogen-bond acceptors (Lipinski definition) is 2. The van der Waals surface area contributed by atoms with Crippen molar-refractivity contribution < 1.29 is 19.4 Å². The van der Waals surface area contributed by atoms with Crippen LogP contribution < -0.4 is 0 Å². The maximum Gasteiger partial charge on any atom is 0.307 e. The Morgan fingerprint density at radius 1 is 1.44 bits per heavy atom. The maximum atomic E-state index is 13.0. The molecule has 0 aliphatic heterocycles. The highest BCUT2D eigenvalue weighted by atomic mass is 19.1. The fourth-order valence-corrected chi connectivity index (χ4v) is 1.33. The zero-order chi connectivity index (χ0) is 12.0. The van der Waals surface area contributed by atoms with Gasteiger partial charge >= 0.3 is 5.97 Å². The third-order valence-electron chi connectivity index (χ3n) is 2.04. The summed E-state index contributed by atoms with van der Waals surface area (Å²) in [5.41, 5.74) is 1.10. The van der Waals surface area contributed by atoms with Crippen LogP contribution >= 0.6 is 0 Å². The molecule has 0 bridgehead atoms. The molecule has 0 saturated heterocycles. The third-order valence-corrected chi connectivity index (χ3v) is 2.04. The molecule has 4 heteroatoms. The summed E-state index contributed by atoms with van der Waals surface area (Å²) in [5.74, 6) is -1.36. The van der Waals surface area contributed by atoms with E-state index in [9.17, 15) is 9.18 Å². The minimum absolute atomic E-state index is 0.0140. The molecule has 0 aromatic heterocycles. The summed E-state index contributed by atoms with van der Waals surface area (Å²) < 4.78 is 13.0. The van der Waals surface area contributed by atoms with Gasteiger partial charge in [-0.2, -0.15) is 0 Å². The molecule has 16 heavy (non-hydrogen) atoms. The lowest BCUT2D eigenvalue weighted by Gasteiger charge is -2.03. The fourth-order valence-electron chi connectivity index (χ4n) is 1.33. The van der Waals surface area contributed by atoms with Gasteiger partial charge in [0.05, 0.1) is 6.42 Å². The highest BCUT2D eigenvalue weighted by molar-refractivity contribution is 5.72. The van der Waals surface area contributed by atoms with E-state index in [1.54, 1.807) is 12.2 Å². The molecule has 0 aliphatic carbocycles. The summed E-state index contributed by atoms with van der Waals surface area (Å²) in [6, 6.07) is 3.98. The van der Waals surface area contributed by atoms with Gasteiger partial charge in [0.1, 0.15) is 5.82 Å². The molecule has 0 unspecified atom stereocenters. The monoisotopic (exact) mass is 224 g/mol. The van der Waals surface area contributed by atoms with Crippen molar-refractivity contribution >= 4 is 12.0 Å². The summed E-state index contributed by atoms with van der Waals surface area (Å²) in [6.45, 7) is 0.0140. The van der Waals surface area contributed by atoms with Crippen LogP contribution in [0.5, 0.6) is 0 Å². The Bertz CT molecular complexity index is 399. The first-order chi connectivity index (χ1) is 7.63. The average Bonchev–Trinajstić information content (AvgIpc) is 2.22. The predicted molar refractivity (Wildman–Crippen MR) is 58.5 cm³/mol. The lowest BCUT2D eigenvalue weighted by atomic mass is 10.0. The summed E-state index contributed by atoms with van der Waals surface area (Å²) in [6.07, 6.45) is 3.62. The van der Waals surface area contributed by atoms with E-state index in [4.69, 9.17) is 10.2 Å². The number of benzene rings is 1. The van der Waals surface area contributed by atoms with Gasteiger partial charge in [-0.1, -0.05) is 18.2 Å². The van der Waals surface area contributed by atoms with Crippen LogP contribution in [0.4, 0.5) is 4.39 Å². The van der Waals surface area contributed by atoms with Crippen molar-refractivity contribution in [2.75, 3.05) is 6.61 Å². The van der Waals surface area contributed by atoms with Crippen LogP contribution in [0.1, 0.15) is 17.5 Å². The van der Waals surface area contributed by atoms with E-state index < -0.39 is 11.8 Å². The molecule has 1 aromatic rings. The Labute approximate surface area is 92.8 Å². The lowest BCUT2D eigenvalue weighted by molar-refractivity contribution is -0.136. The molecule has 1 aromatic carbocycles. The molecule has 0 radical (unpaired) electrons. The van der Waals surface area contributed by atoms with E-state index in [0.29, 0.717) is 17.5 Å². The summed E-state index contributed by atoms with van der Waals surface area (Å²) in [7, 11) is 0. The minimum Gasteiger partial charge on any atom is -0.481 e. The van der Waals surface area contributed by atoms with E-state index in [-0.39, 0.29) is 13.0 Å². The van der Waals surface area contributed by atoms with Crippen LogP contribution in [-0.2, 0) is 11.2 Å². The summed E-state index contributed by atoms with van der Waals surface area (Å²) >= 11 is 0. The maximum absolute atomic E-state index is 13.0. The Kier molecular flexibility index (Phi) is 4.66. The summed E-state index contributed by atoms with van der Waals surface area (Å²) in [4.78, 5) is 10.6. The van der Waals surface area contributed by atoms with Gasteiger partial charge in [0, 0.05) is 6.61 Å². The zero-order valence-electron chi connectivity index (χ0n) is 8.69. The third kappa shape index (κ3) is 3.82. The van der Waals surface area contributed by atoms with Gasteiger partial charge < -0.3 is 10.2 Å². The minimum atomic E-state index is -0.955. The van der Waals surface area contributed by atoms with Gasteiger partial charge in [-0.15, -0.1) is 0 Å². The first-order valence-electron chi connectivity index (χ1n) is 4.91. The van der Waals surface area contributed by atoms with Crippen molar-refractivity contribution in [1.82, 2.24) is 0 Å². The number of aliphatic hydroxyl groups excluding tert-OH is 1. The molecule has 1 rings (SSSR count). The SMILES string of the molecule is O=C(O)Cc1ccc(F)cc1C=CCCO. The molecule has 0 atom stereocenters. The Balaban J connectivity index is 2.93. The van der Waals surface area contributed by atoms with Crippen molar-refractivity contribution in [3.63, 3.8) is 0 Å². The van der Waals surface area contributed by atoms with Crippen LogP contribution in [0.2, 0.25) is 0 Å². The zero-order valence-corrected chi connectivity index (χ0v) is 8.69. The summed E-state index contributed by atoms with van der Waals surface area (Å²) in [5, 5.41) is 17.3. The molecule has 0 aliphatic rings. The smallest absolute Gasteiger partial charge is 0.307 e. The van der Waals surface area contributed by atoms with E-state index in [2.05, 4.69) is 0 Å². The number of carboxylic acids is 1. The van der Waals surface area contributed by atoms with Gasteiger partial charge in [0.25, 0.3) is 0 Å². The van der Waals surface area contributed by atoms with E-state index in [1.807, 2.05) is 0 Å².